The van der Waals surface area contributed by atoms with Crippen molar-refractivity contribution in [2.45, 2.75) is 52.2 Å². The van der Waals surface area contributed by atoms with E-state index in [1.165, 1.54) is 0 Å². The van der Waals surface area contributed by atoms with E-state index in [-0.39, 0.29) is 24.1 Å². The zero-order chi connectivity index (χ0) is 18.7. The van der Waals surface area contributed by atoms with Crippen LogP contribution in [-0.4, -0.2) is 26.1 Å². The second-order valence-corrected chi connectivity index (χ2v) is 9.15. The van der Waals surface area contributed by atoms with Gasteiger partial charge in [0.1, 0.15) is 27.7 Å². The highest BCUT2D eigenvalue weighted by atomic mass is 32.2. The van der Waals surface area contributed by atoms with Crippen LogP contribution < -0.4 is 0 Å². The summed E-state index contributed by atoms with van der Waals surface area (Å²) in [4.78, 5) is 11.2. The van der Waals surface area contributed by atoms with Gasteiger partial charge in [0.25, 0.3) is 0 Å². The van der Waals surface area contributed by atoms with Gasteiger partial charge in [0.2, 0.25) is 0 Å². The van der Waals surface area contributed by atoms with Crippen molar-refractivity contribution in [3.8, 4) is 0 Å². The van der Waals surface area contributed by atoms with E-state index in [1.807, 2.05) is 0 Å². The van der Waals surface area contributed by atoms with Gasteiger partial charge in [-0.2, -0.15) is 0 Å². The van der Waals surface area contributed by atoms with Crippen molar-refractivity contribution in [3.05, 3.63) is 35.4 Å². The molecule has 0 heterocycles. The lowest BCUT2D eigenvalue weighted by Gasteiger charge is -2.22. The first kappa shape index (κ1) is 20.6. The molecule has 7 heteroatoms. The molecule has 1 aromatic rings. The highest BCUT2D eigenvalue weighted by Crippen LogP contribution is 2.26. The first-order chi connectivity index (χ1) is 10.8. The number of halogens is 2. The van der Waals surface area contributed by atoms with Crippen LogP contribution >= 0.6 is 0 Å². The van der Waals surface area contributed by atoms with Crippen molar-refractivity contribution in [1.29, 1.82) is 0 Å². The van der Waals surface area contributed by atoms with Gasteiger partial charge in [-0.3, -0.25) is 4.79 Å². The summed E-state index contributed by atoms with van der Waals surface area (Å²) in [6.45, 7) is 8.31. The van der Waals surface area contributed by atoms with Crippen LogP contribution in [0.2, 0.25) is 0 Å². The van der Waals surface area contributed by atoms with E-state index in [0.29, 0.717) is 0 Å². The normalized spacial score (nSPS) is 14.6. The molecular weight excluding hydrogens is 336 g/mol. The maximum atomic E-state index is 13.5. The van der Waals surface area contributed by atoms with Gasteiger partial charge < -0.3 is 9.66 Å². The van der Waals surface area contributed by atoms with E-state index in [9.17, 15) is 23.2 Å². The summed E-state index contributed by atoms with van der Waals surface area (Å²) >= 11 is -1.62. The lowest BCUT2D eigenvalue weighted by atomic mass is 9.86. The summed E-state index contributed by atoms with van der Waals surface area (Å²) in [7, 11) is 0. The molecule has 0 aromatic heterocycles. The number of carboxylic acid groups (broad SMARTS) is 1. The summed E-state index contributed by atoms with van der Waals surface area (Å²) in [6, 6.07) is 2.95. The van der Waals surface area contributed by atoms with E-state index in [4.69, 9.17) is 0 Å². The van der Waals surface area contributed by atoms with Crippen molar-refractivity contribution < 1.29 is 23.2 Å². The van der Waals surface area contributed by atoms with Crippen molar-refractivity contribution in [2.24, 2.45) is 9.81 Å². The van der Waals surface area contributed by atoms with Gasteiger partial charge in [-0.15, -0.1) is 0 Å². The van der Waals surface area contributed by atoms with E-state index >= 15 is 0 Å². The Balaban J connectivity index is 3.22. The van der Waals surface area contributed by atoms with Crippen molar-refractivity contribution in [2.75, 3.05) is 0 Å². The van der Waals surface area contributed by atoms with Crippen LogP contribution in [0.4, 0.5) is 8.78 Å². The number of hydrogen-bond acceptors (Lipinski definition) is 3. The van der Waals surface area contributed by atoms with E-state index in [2.05, 4.69) is 4.40 Å². The Labute approximate surface area is 144 Å². The molecule has 0 radical (unpaired) electrons. The fourth-order valence-electron chi connectivity index (χ4n) is 1.74. The zero-order valence-electron chi connectivity index (χ0n) is 14.5. The fraction of sp³-hybridized carbons (Fsp3) is 0.529. The molecule has 0 saturated carbocycles. The van der Waals surface area contributed by atoms with Gasteiger partial charge in [0, 0.05) is 11.6 Å². The minimum atomic E-state index is -1.62. The quantitative estimate of drug-likeness (QED) is 0.614. The van der Waals surface area contributed by atoms with Gasteiger partial charge in [0.05, 0.1) is 11.1 Å². The molecule has 1 N–H and O–H groups in total. The molecule has 0 aliphatic rings. The smallest absolute Gasteiger partial charge is 0.309 e. The zero-order valence-corrected chi connectivity index (χ0v) is 15.3. The molecular formula is C17H23F2NO3S. The Hall–Kier alpha value is -1.47. The van der Waals surface area contributed by atoms with E-state index in [0.717, 1.165) is 18.2 Å². The minimum absolute atomic E-state index is 0.143. The topological polar surface area (TPSA) is 72.7 Å². The predicted molar refractivity (Wildman–Crippen MR) is 91.4 cm³/mol. The summed E-state index contributed by atoms with van der Waals surface area (Å²) in [5, 5.41) is 9.20. The summed E-state index contributed by atoms with van der Waals surface area (Å²) in [5.74, 6) is -2.52. The molecule has 0 saturated heterocycles. The van der Waals surface area contributed by atoms with E-state index < -0.39 is 39.1 Å². The minimum Gasteiger partial charge on any atom is -0.591 e. The molecule has 0 amide bonds. The number of rotatable bonds is 6. The maximum absolute atomic E-state index is 13.5. The molecule has 0 bridgehead atoms. The number of carbonyl (C=O) groups is 1. The Kier molecular flexibility index (Phi) is 6.52. The fourth-order valence-corrected chi connectivity index (χ4v) is 2.41. The molecule has 0 fully saturated rings. The Morgan fingerprint density at radius 2 is 1.67 bits per heavy atom. The van der Waals surface area contributed by atoms with E-state index in [1.54, 1.807) is 34.6 Å². The average Bonchev–Trinajstić information content (AvgIpc) is 2.40. The number of benzene rings is 1. The Bertz CT molecular complexity index is 619. The largest absolute Gasteiger partial charge is 0.591 e. The Morgan fingerprint density at radius 1 is 1.17 bits per heavy atom. The second kappa shape index (κ2) is 7.61. The number of hydrogen-bond donors (Lipinski definition) is 1. The van der Waals surface area contributed by atoms with Crippen molar-refractivity contribution >= 4 is 23.0 Å². The third-order valence-electron chi connectivity index (χ3n) is 3.48. The number of nitrogens with zero attached hydrogens (tertiary/aromatic N) is 1. The standard InChI is InChI=1S/C17H23F2NO3S/c1-16(2,3)24(23)20-14(6-7-17(4,5)15(21)22)11-8-12(18)10-13(19)9-11/h8-10H,6-7H2,1-5H3,(H,21,22). The highest BCUT2D eigenvalue weighted by molar-refractivity contribution is 7.91. The monoisotopic (exact) mass is 359 g/mol. The molecule has 0 spiro atoms. The van der Waals surface area contributed by atoms with Gasteiger partial charge >= 0.3 is 5.97 Å². The highest BCUT2D eigenvalue weighted by Gasteiger charge is 2.30. The predicted octanol–water partition coefficient (Wildman–Crippen LogP) is 4.11. The molecule has 0 aliphatic heterocycles. The Morgan fingerprint density at radius 3 is 2.08 bits per heavy atom. The van der Waals surface area contributed by atoms with Crippen LogP contribution in [0.5, 0.6) is 0 Å². The van der Waals surface area contributed by atoms with Crippen LogP contribution in [0.15, 0.2) is 22.6 Å². The molecule has 0 aliphatic carbocycles. The lowest BCUT2D eigenvalue weighted by Crippen LogP contribution is -2.28. The molecule has 1 unspecified atom stereocenters. The average molecular weight is 359 g/mol. The molecule has 1 rings (SSSR count). The lowest BCUT2D eigenvalue weighted by molar-refractivity contribution is -0.147. The molecule has 4 nitrogen and oxygen atoms in total. The molecule has 134 valence electrons. The maximum Gasteiger partial charge on any atom is 0.309 e. The van der Waals surface area contributed by atoms with Gasteiger partial charge in [-0.25, -0.2) is 8.78 Å². The third kappa shape index (κ3) is 5.87. The summed E-state index contributed by atoms with van der Waals surface area (Å²) < 4.78 is 42.8. The second-order valence-electron chi connectivity index (χ2n) is 7.25. The summed E-state index contributed by atoms with van der Waals surface area (Å²) in [5.41, 5.74) is -0.627. The van der Waals surface area contributed by atoms with Crippen LogP contribution in [0.3, 0.4) is 0 Å². The van der Waals surface area contributed by atoms with Gasteiger partial charge in [-0.05, 0) is 59.6 Å². The first-order valence-electron chi connectivity index (χ1n) is 7.52. The SMILES string of the molecule is CC(C)(CCC(=N[S+]([O-])C(C)(C)C)c1cc(F)cc(F)c1)C(=O)O. The van der Waals surface area contributed by atoms with Crippen LogP contribution in [0, 0.1) is 17.0 Å². The molecule has 1 atom stereocenters. The number of aliphatic carboxylic acids is 1. The number of carboxylic acids is 1. The summed E-state index contributed by atoms with van der Waals surface area (Å²) in [6.07, 6.45) is 0.338. The van der Waals surface area contributed by atoms with Crippen molar-refractivity contribution in [1.82, 2.24) is 0 Å². The third-order valence-corrected chi connectivity index (χ3v) is 4.91. The molecule has 1 aromatic carbocycles. The first-order valence-corrected chi connectivity index (χ1v) is 8.63. The van der Waals surface area contributed by atoms with Crippen molar-refractivity contribution in [3.63, 3.8) is 0 Å². The van der Waals surface area contributed by atoms with Crippen LogP contribution in [0.1, 0.15) is 53.0 Å². The van der Waals surface area contributed by atoms with Gasteiger partial charge in [0.15, 0.2) is 0 Å². The van der Waals surface area contributed by atoms with Gasteiger partial charge in [-0.1, -0.05) is 4.40 Å². The van der Waals surface area contributed by atoms with Crippen LogP contribution in [0.25, 0.3) is 0 Å². The van der Waals surface area contributed by atoms with Crippen LogP contribution in [-0.2, 0) is 16.2 Å². The molecule has 24 heavy (non-hydrogen) atoms.